The van der Waals surface area contributed by atoms with E-state index in [0.717, 1.165) is 0 Å². The fraction of sp³-hybridized carbons (Fsp3) is 0.0435. The number of carboxylic acid groups (broad SMARTS) is 2. The van der Waals surface area contributed by atoms with Gasteiger partial charge in [0.2, 0.25) is 0 Å². The Labute approximate surface area is 162 Å². The van der Waals surface area contributed by atoms with Crippen LogP contribution >= 0.6 is 0 Å². The van der Waals surface area contributed by atoms with E-state index in [1.54, 1.807) is 0 Å². The number of aromatic carboxylic acids is 2. The first-order valence-electron chi connectivity index (χ1n) is 8.66. The summed E-state index contributed by atoms with van der Waals surface area (Å²) in [7, 11) is 0. The van der Waals surface area contributed by atoms with Crippen molar-refractivity contribution in [1.82, 2.24) is 4.57 Å². The first kappa shape index (κ1) is 18.9. The summed E-state index contributed by atoms with van der Waals surface area (Å²) >= 11 is 0. The number of carbonyl (C=O) groups is 2. The Kier molecular flexibility index (Phi) is 5.56. The molecule has 0 bridgehead atoms. The van der Waals surface area contributed by atoms with Gasteiger partial charge in [-0.25, -0.2) is 9.59 Å². The molecule has 0 radical (unpaired) electrons. The van der Waals surface area contributed by atoms with Gasteiger partial charge < -0.3 is 14.8 Å². The monoisotopic (exact) mass is 373 g/mol. The van der Waals surface area contributed by atoms with Crippen molar-refractivity contribution >= 4 is 22.8 Å². The molecule has 0 saturated heterocycles. The van der Waals surface area contributed by atoms with Crippen LogP contribution < -0.4 is 0 Å². The highest BCUT2D eigenvalue weighted by molar-refractivity contribution is 5.96. The highest BCUT2D eigenvalue weighted by Gasteiger charge is 2.13. The van der Waals surface area contributed by atoms with Crippen LogP contribution in [0.1, 0.15) is 26.3 Å². The Morgan fingerprint density at radius 1 is 0.714 bits per heavy atom. The maximum atomic E-state index is 10.6. The number of nitrogens with zero attached hydrogens (tertiary/aromatic N) is 1. The second-order valence-corrected chi connectivity index (χ2v) is 6.17. The first-order chi connectivity index (χ1) is 13.5. The standard InChI is InChI=1S/C14H11N.C9H8O4/c1-2-7-13(8-3-1)15-11-10-12-6-4-5-9-14(12)15;1-5-6(8(10)11)3-2-4-7(5)9(12)13/h1-11H;2-4H,1H3,(H,10,11)(H,12,13). The third-order valence-electron chi connectivity index (χ3n) is 4.43. The summed E-state index contributed by atoms with van der Waals surface area (Å²) in [5.74, 6) is -2.22. The number of fused-ring (bicyclic) bond motifs is 1. The van der Waals surface area contributed by atoms with Gasteiger partial charge in [0, 0.05) is 11.9 Å². The van der Waals surface area contributed by atoms with Crippen LogP contribution in [0.5, 0.6) is 0 Å². The van der Waals surface area contributed by atoms with Crippen molar-refractivity contribution in [2.24, 2.45) is 0 Å². The lowest BCUT2D eigenvalue weighted by atomic mass is 10.0. The van der Waals surface area contributed by atoms with Crippen molar-refractivity contribution in [2.75, 3.05) is 0 Å². The summed E-state index contributed by atoms with van der Waals surface area (Å²) in [5.41, 5.74) is 2.80. The predicted molar refractivity (Wildman–Crippen MR) is 108 cm³/mol. The average Bonchev–Trinajstić information content (AvgIpc) is 3.13. The zero-order valence-corrected chi connectivity index (χ0v) is 15.2. The van der Waals surface area contributed by atoms with Gasteiger partial charge in [0.25, 0.3) is 0 Å². The van der Waals surface area contributed by atoms with Crippen LogP contribution in [0.25, 0.3) is 16.6 Å². The lowest BCUT2D eigenvalue weighted by Gasteiger charge is -2.04. The Bertz CT molecular complexity index is 1100. The van der Waals surface area contributed by atoms with Gasteiger partial charge in [0.1, 0.15) is 0 Å². The maximum Gasteiger partial charge on any atom is 0.335 e. The fourth-order valence-corrected chi connectivity index (χ4v) is 3.00. The number of hydrogen-bond acceptors (Lipinski definition) is 2. The molecule has 28 heavy (non-hydrogen) atoms. The average molecular weight is 373 g/mol. The van der Waals surface area contributed by atoms with Crippen molar-refractivity contribution < 1.29 is 19.8 Å². The molecular formula is C23H19NO4. The van der Waals surface area contributed by atoms with E-state index < -0.39 is 11.9 Å². The minimum Gasteiger partial charge on any atom is -0.478 e. The first-order valence-corrected chi connectivity index (χ1v) is 8.66. The summed E-state index contributed by atoms with van der Waals surface area (Å²) < 4.78 is 2.20. The molecule has 5 nitrogen and oxygen atoms in total. The van der Waals surface area contributed by atoms with E-state index in [1.165, 1.54) is 41.7 Å². The Hall–Kier alpha value is -3.86. The summed E-state index contributed by atoms with van der Waals surface area (Å²) in [5, 5.41) is 18.6. The molecule has 0 aliphatic rings. The van der Waals surface area contributed by atoms with E-state index in [1.807, 2.05) is 6.07 Å². The molecule has 0 spiro atoms. The van der Waals surface area contributed by atoms with Gasteiger partial charge in [-0.1, -0.05) is 42.5 Å². The molecule has 1 aromatic heterocycles. The molecule has 0 aliphatic carbocycles. The molecule has 0 amide bonds. The molecule has 4 aromatic rings. The molecule has 3 aromatic carbocycles. The third kappa shape index (κ3) is 3.94. The Balaban J connectivity index is 0.000000163. The summed E-state index contributed by atoms with van der Waals surface area (Å²) in [6.07, 6.45) is 2.11. The molecule has 4 rings (SSSR count). The van der Waals surface area contributed by atoms with Crippen molar-refractivity contribution in [2.45, 2.75) is 6.92 Å². The van der Waals surface area contributed by atoms with Gasteiger partial charge in [0.15, 0.2) is 0 Å². The minimum absolute atomic E-state index is 0.0277. The van der Waals surface area contributed by atoms with E-state index in [-0.39, 0.29) is 16.7 Å². The van der Waals surface area contributed by atoms with E-state index in [4.69, 9.17) is 10.2 Å². The molecule has 1 heterocycles. The number of carboxylic acids is 2. The molecule has 2 N–H and O–H groups in total. The highest BCUT2D eigenvalue weighted by Crippen LogP contribution is 2.19. The Morgan fingerprint density at radius 3 is 1.89 bits per heavy atom. The number of rotatable bonds is 3. The topological polar surface area (TPSA) is 79.5 Å². The van der Waals surface area contributed by atoms with Gasteiger partial charge in [-0.15, -0.1) is 0 Å². The fourth-order valence-electron chi connectivity index (χ4n) is 3.00. The minimum atomic E-state index is -1.11. The van der Waals surface area contributed by atoms with Crippen LogP contribution in [-0.4, -0.2) is 26.7 Å². The van der Waals surface area contributed by atoms with Crippen LogP contribution in [0.3, 0.4) is 0 Å². The van der Waals surface area contributed by atoms with Crippen LogP contribution in [-0.2, 0) is 0 Å². The lowest BCUT2D eigenvalue weighted by Crippen LogP contribution is -2.06. The van der Waals surface area contributed by atoms with E-state index in [0.29, 0.717) is 0 Å². The molecule has 0 aliphatic heterocycles. The van der Waals surface area contributed by atoms with Crippen molar-refractivity contribution in [1.29, 1.82) is 0 Å². The lowest BCUT2D eigenvalue weighted by molar-refractivity contribution is 0.0696. The zero-order chi connectivity index (χ0) is 20.1. The highest BCUT2D eigenvalue weighted by atomic mass is 16.4. The van der Waals surface area contributed by atoms with E-state index >= 15 is 0 Å². The molecule has 0 saturated carbocycles. The van der Waals surface area contributed by atoms with E-state index in [9.17, 15) is 9.59 Å². The molecule has 0 atom stereocenters. The SMILES string of the molecule is Cc1c(C(=O)O)cccc1C(=O)O.c1ccc(-n2ccc3ccccc32)cc1. The largest absolute Gasteiger partial charge is 0.478 e. The van der Waals surface area contributed by atoms with Gasteiger partial charge in [-0.05, 0) is 54.3 Å². The summed E-state index contributed by atoms with van der Waals surface area (Å²) in [6.45, 7) is 1.48. The van der Waals surface area contributed by atoms with Crippen LogP contribution in [0.4, 0.5) is 0 Å². The second kappa shape index (κ2) is 8.22. The smallest absolute Gasteiger partial charge is 0.335 e. The second-order valence-electron chi connectivity index (χ2n) is 6.17. The molecule has 0 unspecified atom stereocenters. The van der Waals surface area contributed by atoms with Crippen molar-refractivity contribution in [3.63, 3.8) is 0 Å². The van der Waals surface area contributed by atoms with Crippen molar-refractivity contribution in [3.05, 3.63) is 102 Å². The number of hydrogen-bond donors (Lipinski definition) is 2. The number of para-hydroxylation sites is 2. The molecular weight excluding hydrogens is 354 g/mol. The summed E-state index contributed by atoms with van der Waals surface area (Å²) in [4.78, 5) is 21.2. The maximum absolute atomic E-state index is 10.6. The van der Waals surface area contributed by atoms with Gasteiger partial charge in [-0.3, -0.25) is 0 Å². The third-order valence-corrected chi connectivity index (χ3v) is 4.43. The quantitative estimate of drug-likeness (QED) is 0.528. The van der Waals surface area contributed by atoms with Gasteiger partial charge >= 0.3 is 11.9 Å². The molecule has 5 heteroatoms. The number of aromatic nitrogens is 1. The normalized spacial score (nSPS) is 10.2. The number of benzene rings is 3. The van der Waals surface area contributed by atoms with Crippen LogP contribution in [0, 0.1) is 6.92 Å². The van der Waals surface area contributed by atoms with Gasteiger partial charge in [0.05, 0.1) is 16.6 Å². The van der Waals surface area contributed by atoms with E-state index in [2.05, 4.69) is 65.4 Å². The van der Waals surface area contributed by atoms with Crippen LogP contribution in [0.15, 0.2) is 85.1 Å². The Morgan fingerprint density at radius 2 is 1.29 bits per heavy atom. The van der Waals surface area contributed by atoms with Crippen molar-refractivity contribution in [3.8, 4) is 5.69 Å². The molecule has 0 fully saturated rings. The van der Waals surface area contributed by atoms with Crippen LogP contribution in [0.2, 0.25) is 0 Å². The molecule has 140 valence electrons. The summed E-state index contributed by atoms with van der Waals surface area (Å²) in [6, 6.07) is 25.1. The predicted octanol–water partition coefficient (Wildman–Crippen LogP) is 5.02. The van der Waals surface area contributed by atoms with Gasteiger partial charge in [-0.2, -0.15) is 0 Å². The zero-order valence-electron chi connectivity index (χ0n) is 15.2.